The summed E-state index contributed by atoms with van der Waals surface area (Å²) in [5.74, 6) is 1.30. The van der Waals surface area contributed by atoms with Crippen LogP contribution < -0.4 is 0 Å². The van der Waals surface area contributed by atoms with Gasteiger partial charge >= 0.3 is 0 Å². The molecule has 0 saturated carbocycles. The molecular weight excluding hydrogens is 90.1 g/mol. The predicted molar refractivity (Wildman–Crippen MR) is 25.8 cm³/mol. The molecule has 1 amide bonds. The maximum Gasteiger partial charge on any atom is 0.298 e. The van der Waals surface area contributed by atoms with Gasteiger partial charge in [-0.05, 0) is 6.42 Å². The summed E-state index contributed by atoms with van der Waals surface area (Å²) < 4.78 is 0. The third-order valence-corrected chi connectivity index (χ3v) is 0.513. The predicted octanol–water partition coefficient (Wildman–Crippen LogP) is -0.336. The lowest BCUT2D eigenvalue weighted by Crippen LogP contribution is -2.18. The van der Waals surface area contributed by atoms with Crippen LogP contribution in [0, 0.1) is 12.3 Å². The van der Waals surface area contributed by atoms with Crippen LogP contribution in [-0.2, 0) is 4.79 Å². The van der Waals surface area contributed by atoms with Crippen molar-refractivity contribution in [1.29, 1.82) is 0 Å². The van der Waals surface area contributed by atoms with E-state index in [1.165, 1.54) is 4.90 Å². The van der Waals surface area contributed by atoms with E-state index in [1.807, 2.05) is 0 Å². The van der Waals surface area contributed by atoms with Gasteiger partial charge in [0, 0.05) is 20.0 Å². The summed E-state index contributed by atoms with van der Waals surface area (Å²) >= 11 is 0. The summed E-state index contributed by atoms with van der Waals surface area (Å²) in [4.78, 5) is 11.4. The first-order valence-corrected chi connectivity index (χ1v) is 1.82. The molecular formula is C5H6NO. The zero-order valence-electron chi connectivity index (χ0n) is 4.36. The van der Waals surface area contributed by atoms with Crippen LogP contribution in [0.3, 0.4) is 0 Å². The Morgan fingerprint density at radius 2 is 2.14 bits per heavy atom. The first-order valence-electron chi connectivity index (χ1n) is 1.82. The van der Waals surface area contributed by atoms with Gasteiger partial charge < -0.3 is 4.90 Å². The molecule has 37 valence electrons. The normalized spacial score (nSPS) is 7.00. The minimum absolute atomic E-state index is 0.403. The Kier molecular flexibility index (Phi) is 1.94. The highest BCUT2D eigenvalue weighted by Crippen LogP contribution is 1.70. The van der Waals surface area contributed by atoms with Crippen molar-refractivity contribution in [1.82, 2.24) is 4.90 Å². The Morgan fingerprint density at radius 1 is 1.71 bits per heavy atom. The number of amides is 1. The van der Waals surface area contributed by atoms with Crippen LogP contribution in [0.2, 0.25) is 0 Å². The number of hydrogen-bond acceptors (Lipinski definition) is 1. The summed E-state index contributed by atoms with van der Waals surface area (Å²) in [6.45, 7) is 0. The maximum atomic E-state index is 10.1. The molecule has 1 radical (unpaired) electrons. The average Bonchev–Trinajstić information content (AvgIpc) is 1.65. The molecule has 0 aromatic heterocycles. The summed E-state index contributed by atoms with van der Waals surface area (Å²) in [7, 11) is 3.15. The molecule has 0 bridgehead atoms. The zero-order valence-corrected chi connectivity index (χ0v) is 4.36. The third kappa shape index (κ3) is 1.83. The van der Waals surface area contributed by atoms with Crippen molar-refractivity contribution in [3.8, 4) is 5.92 Å². The molecule has 0 fully saturated rings. The van der Waals surface area contributed by atoms with E-state index >= 15 is 0 Å². The van der Waals surface area contributed by atoms with E-state index in [1.54, 1.807) is 20.0 Å². The van der Waals surface area contributed by atoms with Crippen LogP contribution in [-0.4, -0.2) is 24.9 Å². The van der Waals surface area contributed by atoms with E-state index in [9.17, 15) is 4.79 Å². The molecule has 0 heterocycles. The van der Waals surface area contributed by atoms with E-state index in [-0.39, 0.29) is 0 Å². The molecule has 0 aliphatic heterocycles. The van der Waals surface area contributed by atoms with Gasteiger partial charge in [0.25, 0.3) is 5.91 Å². The van der Waals surface area contributed by atoms with E-state index in [2.05, 4.69) is 0 Å². The van der Waals surface area contributed by atoms with Crippen molar-refractivity contribution in [2.75, 3.05) is 14.1 Å². The van der Waals surface area contributed by atoms with Crippen LogP contribution in [0.1, 0.15) is 0 Å². The van der Waals surface area contributed by atoms with Gasteiger partial charge in [-0.1, -0.05) is 0 Å². The highest BCUT2D eigenvalue weighted by Gasteiger charge is 1.93. The van der Waals surface area contributed by atoms with Crippen LogP contribution in [0.15, 0.2) is 0 Å². The topological polar surface area (TPSA) is 20.3 Å². The Morgan fingerprint density at radius 3 is 2.14 bits per heavy atom. The lowest BCUT2D eigenvalue weighted by molar-refractivity contribution is -0.122. The molecule has 0 saturated heterocycles. The zero-order chi connectivity index (χ0) is 5.86. The van der Waals surface area contributed by atoms with Crippen molar-refractivity contribution < 1.29 is 4.79 Å². The lowest BCUT2D eigenvalue weighted by Gasteiger charge is -2.01. The molecule has 2 nitrogen and oxygen atoms in total. The van der Waals surface area contributed by atoms with Gasteiger partial charge in [0.05, 0.1) is 0 Å². The van der Waals surface area contributed by atoms with Crippen LogP contribution in [0.25, 0.3) is 0 Å². The lowest BCUT2D eigenvalue weighted by atomic mass is 10.6. The molecule has 0 rings (SSSR count). The van der Waals surface area contributed by atoms with E-state index in [4.69, 9.17) is 6.42 Å². The quantitative estimate of drug-likeness (QED) is 0.378. The van der Waals surface area contributed by atoms with Crippen LogP contribution in [0.4, 0.5) is 0 Å². The molecule has 0 atom stereocenters. The highest BCUT2D eigenvalue weighted by atomic mass is 16.2. The molecule has 0 unspecified atom stereocenters. The van der Waals surface area contributed by atoms with E-state index in [0.717, 1.165) is 0 Å². The number of rotatable bonds is 0. The molecule has 0 aliphatic carbocycles. The second-order valence-corrected chi connectivity index (χ2v) is 1.32. The van der Waals surface area contributed by atoms with E-state index in [0.29, 0.717) is 0 Å². The number of carbonyl (C=O) groups is 1. The second kappa shape index (κ2) is 2.25. The van der Waals surface area contributed by atoms with Crippen molar-refractivity contribution >= 4 is 5.91 Å². The van der Waals surface area contributed by atoms with Crippen molar-refractivity contribution in [2.45, 2.75) is 0 Å². The maximum absolute atomic E-state index is 10.1. The third-order valence-electron chi connectivity index (χ3n) is 0.513. The minimum atomic E-state index is -0.403. The minimum Gasteiger partial charge on any atom is -0.338 e. The Hall–Kier alpha value is -0.970. The molecule has 0 aromatic rings. The monoisotopic (exact) mass is 96.0 g/mol. The standard InChI is InChI=1S/C5H6NO/c1-4-5(7)6(2)3/h2-3H3. The fourth-order valence-corrected chi connectivity index (χ4v) is 0.112. The fourth-order valence-electron chi connectivity index (χ4n) is 0.112. The van der Waals surface area contributed by atoms with Gasteiger partial charge in [0.2, 0.25) is 0 Å². The van der Waals surface area contributed by atoms with Gasteiger partial charge in [-0.3, -0.25) is 4.79 Å². The van der Waals surface area contributed by atoms with Crippen molar-refractivity contribution in [3.05, 3.63) is 6.42 Å². The molecule has 0 spiro atoms. The van der Waals surface area contributed by atoms with Gasteiger partial charge in [-0.25, -0.2) is 0 Å². The molecule has 0 N–H and O–H groups in total. The smallest absolute Gasteiger partial charge is 0.298 e. The molecule has 0 aromatic carbocycles. The van der Waals surface area contributed by atoms with E-state index < -0.39 is 5.91 Å². The van der Waals surface area contributed by atoms with Gasteiger partial charge in [0.1, 0.15) is 0 Å². The first-order chi connectivity index (χ1) is 3.18. The Bertz CT molecular complexity index is 110. The number of hydrogen-bond donors (Lipinski definition) is 0. The number of carbonyl (C=O) groups excluding carboxylic acids is 1. The molecule has 7 heavy (non-hydrogen) atoms. The Balaban J connectivity index is 3.64. The molecule has 2 heteroatoms. The summed E-state index contributed by atoms with van der Waals surface area (Å²) in [5, 5.41) is 0. The van der Waals surface area contributed by atoms with Gasteiger partial charge in [0.15, 0.2) is 0 Å². The van der Waals surface area contributed by atoms with Crippen molar-refractivity contribution in [2.24, 2.45) is 0 Å². The molecule has 0 aliphatic rings. The number of nitrogens with zero attached hydrogens (tertiary/aromatic N) is 1. The summed E-state index contributed by atoms with van der Waals surface area (Å²) in [6.07, 6.45) is 6.30. The SMILES string of the molecule is [C]#CC(=O)N(C)C. The first kappa shape index (κ1) is 6.03. The second-order valence-electron chi connectivity index (χ2n) is 1.32. The fraction of sp³-hybridized carbons (Fsp3) is 0.400. The van der Waals surface area contributed by atoms with Crippen molar-refractivity contribution in [3.63, 3.8) is 0 Å². The van der Waals surface area contributed by atoms with Gasteiger partial charge in [-0.15, -0.1) is 0 Å². The largest absolute Gasteiger partial charge is 0.338 e. The van der Waals surface area contributed by atoms with Crippen LogP contribution in [0.5, 0.6) is 0 Å². The van der Waals surface area contributed by atoms with Crippen LogP contribution >= 0.6 is 0 Å². The average molecular weight is 96.1 g/mol. The van der Waals surface area contributed by atoms with Gasteiger partial charge in [-0.2, -0.15) is 0 Å². The summed E-state index contributed by atoms with van der Waals surface area (Å²) in [6, 6.07) is 0. The summed E-state index contributed by atoms with van der Waals surface area (Å²) in [5.41, 5.74) is 0. The Labute approximate surface area is 43.1 Å². The highest BCUT2D eigenvalue weighted by molar-refractivity contribution is 5.91.